The molecule has 0 fully saturated rings. The molecule has 8 nitrogen and oxygen atoms in total. The first-order chi connectivity index (χ1) is 8.91. The number of aliphatic carboxylic acids is 1. The number of ether oxygens (including phenoxy) is 1. The summed E-state index contributed by atoms with van der Waals surface area (Å²) in [5.74, 6) is -2.79. The van der Waals surface area contributed by atoms with Crippen molar-refractivity contribution in [2.75, 3.05) is 11.5 Å². The van der Waals surface area contributed by atoms with E-state index in [1.807, 2.05) is 0 Å². The van der Waals surface area contributed by atoms with Gasteiger partial charge in [-0.15, -0.1) is 0 Å². The Morgan fingerprint density at radius 3 is 2.84 bits per heavy atom. The summed E-state index contributed by atoms with van der Waals surface area (Å²) in [5.41, 5.74) is -0.681. The van der Waals surface area contributed by atoms with Gasteiger partial charge in [0.05, 0.1) is 10.6 Å². The smallest absolute Gasteiger partial charge is 0.360 e. The second kappa shape index (κ2) is 4.52. The first kappa shape index (κ1) is 12.7. The van der Waals surface area contributed by atoms with Gasteiger partial charge in [0.25, 0.3) is 17.9 Å². The summed E-state index contributed by atoms with van der Waals surface area (Å²) in [7, 11) is 0. The van der Waals surface area contributed by atoms with Crippen LogP contribution in [-0.2, 0) is 9.59 Å². The number of rotatable bonds is 3. The number of non-ortho nitro benzene ring substituents is 1. The van der Waals surface area contributed by atoms with Gasteiger partial charge in [-0.1, -0.05) is 0 Å². The van der Waals surface area contributed by atoms with Gasteiger partial charge in [0.2, 0.25) is 0 Å². The van der Waals surface area contributed by atoms with E-state index in [0.29, 0.717) is 4.90 Å². The summed E-state index contributed by atoms with van der Waals surface area (Å²) in [6, 6.07) is 3.18. The lowest BCUT2D eigenvalue weighted by atomic mass is 10.2. The number of carboxylic acids is 1. The number of nitro groups is 1. The minimum absolute atomic E-state index is 0.00843. The van der Waals surface area contributed by atoms with Crippen LogP contribution in [0.1, 0.15) is 0 Å². The van der Waals surface area contributed by atoms with Crippen molar-refractivity contribution < 1.29 is 28.7 Å². The Morgan fingerprint density at radius 1 is 1.58 bits per heavy atom. The first-order valence-corrected chi connectivity index (χ1v) is 5.02. The molecule has 1 unspecified atom stereocenters. The molecular weight excluding hydrogens is 263 g/mol. The van der Waals surface area contributed by atoms with Crippen molar-refractivity contribution in [3.63, 3.8) is 0 Å². The Bertz CT molecular complexity index is 575. The maximum atomic E-state index is 13.6. The fraction of sp³-hybridized carbons (Fsp3) is 0.200. The van der Waals surface area contributed by atoms with Crippen LogP contribution >= 0.6 is 0 Å². The molecule has 0 aromatic heterocycles. The molecule has 1 aromatic carbocycles. The number of carbonyl (C=O) groups excluding carboxylic acids is 1. The lowest BCUT2D eigenvalue weighted by molar-refractivity contribution is -0.384. The number of amides is 1. The zero-order valence-electron chi connectivity index (χ0n) is 9.28. The van der Waals surface area contributed by atoms with E-state index >= 15 is 0 Å². The highest BCUT2D eigenvalue weighted by atomic mass is 19.1. The van der Waals surface area contributed by atoms with Gasteiger partial charge in [-0.05, 0) is 6.07 Å². The number of nitrogens with zero attached hydrogens (tertiary/aromatic N) is 2. The lowest BCUT2D eigenvalue weighted by Gasteiger charge is -2.29. The van der Waals surface area contributed by atoms with Gasteiger partial charge in [0.1, 0.15) is 5.75 Å². The number of alkyl halides is 1. The third-order valence-corrected chi connectivity index (χ3v) is 2.46. The Balaban J connectivity index is 2.53. The van der Waals surface area contributed by atoms with Gasteiger partial charge in [-0.3, -0.25) is 19.8 Å². The SMILES string of the molecule is O=C(O)C(F)N1C(=O)COc2ccc([N+](=O)[O-])cc21. The molecule has 0 aliphatic carbocycles. The van der Waals surface area contributed by atoms with Crippen molar-refractivity contribution in [1.29, 1.82) is 0 Å². The molecule has 1 aromatic rings. The van der Waals surface area contributed by atoms with Crippen molar-refractivity contribution in [2.24, 2.45) is 0 Å². The van der Waals surface area contributed by atoms with Crippen LogP contribution in [0.15, 0.2) is 18.2 Å². The van der Waals surface area contributed by atoms with E-state index in [0.717, 1.165) is 12.1 Å². The zero-order chi connectivity index (χ0) is 14.2. The fourth-order valence-corrected chi connectivity index (χ4v) is 1.63. The topological polar surface area (TPSA) is 110 Å². The van der Waals surface area contributed by atoms with E-state index in [-0.39, 0.29) is 11.4 Å². The molecule has 1 atom stereocenters. The predicted molar refractivity (Wildman–Crippen MR) is 58.6 cm³/mol. The summed E-state index contributed by atoms with van der Waals surface area (Å²) in [6.07, 6.45) is -2.63. The van der Waals surface area contributed by atoms with Crippen molar-refractivity contribution in [1.82, 2.24) is 0 Å². The van der Waals surface area contributed by atoms with Crippen LogP contribution in [-0.4, -0.2) is 34.8 Å². The Morgan fingerprint density at radius 2 is 2.26 bits per heavy atom. The molecule has 19 heavy (non-hydrogen) atoms. The maximum Gasteiger partial charge on any atom is 0.360 e. The average molecular weight is 270 g/mol. The zero-order valence-corrected chi connectivity index (χ0v) is 9.28. The van der Waals surface area contributed by atoms with Gasteiger partial charge < -0.3 is 9.84 Å². The third kappa shape index (κ3) is 2.17. The Kier molecular flexibility index (Phi) is 3.03. The number of benzene rings is 1. The highest BCUT2D eigenvalue weighted by Crippen LogP contribution is 2.36. The van der Waals surface area contributed by atoms with Crippen LogP contribution in [0, 0.1) is 10.1 Å². The molecule has 1 amide bonds. The minimum atomic E-state index is -2.63. The Hall–Kier alpha value is -2.71. The van der Waals surface area contributed by atoms with Crippen LogP contribution in [0.4, 0.5) is 15.8 Å². The summed E-state index contributed by atoms with van der Waals surface area (Å²) < 4.78 is 18.5. The van der Waals surface area contributed by atoms with Crippen molar-refractivity contribution in [3.8, 4) is 5.75 Å². The molecule has 0 radical (unpaired) electrons. The molecule has 100 valence electrons. The monoisotopic (exact) mass is 270 g/mol. The number of fused-ring (bicyclic) bond motifs is 1. The maximum absolute atomic E-state index is 13.6. The third-order valence-electron chi connectivity index (χ3n) is 2.46. The van der Waals surface area contributed by atoms with Crippen molar-refractivity contribution in [2.45, 2.75) is 6.30 Å². The van der Waals surface area contributed by atoms with Crippen LogP contribution < -0.4 is 9.64 Å². The molecule has 0 bridgehead atoms. The molecule has 0 saturated carbocycles. The highest BCUT2D eigenvalue weighted by Gasteiger charge is 2.36. The van der Waals surface area contributed by atoms with Gasteiger partial charge in [-0.2, -0.15) is 0 Å². The van der Waals surface area contributed by atoms with Gasteiger partial charge >= 0.3 is 5.97 Å². The minimum Gasteiger partial charge on any atom is -0.482 e. The van der Waals surface area contributed by atoms with E-state index in [2.05, 4.69) is 0 Å². The molecule has 9 heteroatoms. The quantitative estimate of drug-likeness (QED) is 0.491. The predicted octanol–water partition coefficient (Wildman–Crippen LogP) is 0.700. The van der Waals surface area contributed by atoms with Crippen LogP contribution in [0.25, 0.3) is 0 Å². The van der Waals surface area contributed by atoms with Crippen molar-refractivity contribution in [3.05, 3.63) is 28.3 Å². The largest absolute Gasteiger partial charge is 0.482 e. The highest BCUT2D eigenvalue weighted by molar-refractivity contribution is 6.02. The van der Waals surface area contributed by atoms with Gasteiger partial charge in [0.15, 0.2) is 6.61 Å². The van der Waals surface area contributed by atoms with E-state index in [1.54, 1.807) is 0 Å². The number of nitro benzene ring substituents is 1. The van der Waals surface area contributed by atoms with Gasteiger partial charge in [0, 0.05) is 12.1 Å². The molecule has 1 N–H and O–H groups in total. The van der Waals surface area contributed by atoms with Gasteiger partial charge in [-0.25, -0.2) is 9.18 Å². The average Bonchev–Trinajstić information content (AvgIpc) is 2.37. The van der Waals surface area contributed by atoms with E-state index in [1.165, 1.54) is 6.07 Å². The van der Waals surface area contributed by atoms with Crippen LogP contribution in [0.3, 0.4) is 0 Å². The first-order valence-electron chi connectivity index (χ1n) is 5.02. The molecule has 0 saturated heterocycles. The summed E-state index contributed by atoms with van der Waals surface area (Å²) >= 11 is 0. The second-order valence-electron chi connectivity index (χ2n) is 3.64. The molecule has 1 heterocycles. The molecule has 1 aliphatic rings. The normalized spacial score (nSPS) is 15.4. The number of carbonyl (C=O) groups is 2. The van der Waals surface area contributed by atoms with Crippen LogP contribution in [0.5, 0.6) is 5.75 Å². The van der Waals surface area contributed by atoms with E-state index in [9.17, 15) is 24.1 Å². The lowest BCUT2D eigenvalue weighted by Crippen LogP contribution is -2.47. The molecule has 2 rings (SSSR count). The Labute approximate surface area is 105 Å². The molecule has 0 spiro atoms. The second-order valence-corrected chi connectivity index (χ2v) is 3.64. The number of carboxylic acid groups (broad SMARTS) is 1. The van der Waals surface area contributed by atoms with E-state index < -0.39 is 35.4 Å². The molecular formula is C10H7FN2O6. The van der Waals surface area contributed by atoms with Crippen LogP contribution in [0.2, 0.25) is 0 Å². The number of halogens is 1. The molecule has 1 aliphatic heterocycles. The summed E-state index contributed by atoms with van der Waals surface area (Å²) in [6.45, 7) is -0.529. The fourth-order valence-electron chi connectivity index (χ4n) is 1.63. The summed E-state index contributed by atoms with van der Waals surface area (Å²) in [4.78, 5) is 32.4. The summed E-state index contributed by atoms with van der Waals surface area (Å²) in [5, 5.41) is 19.2. The number of hydrogen-bond donors (Lipinski definition) is 1. The number of anilines is 1. The number of hydrogen-bond acceptors (Lipinski definition) is 5. The standard InChI is InChI=1S/C10H7FN2O6/c11-9(10(15)16)12-6-3-5(13(17)18)1-2-7(6)19-4-8(12)14/h1-3,9H,4H2,(H,15,16). The van der Waals surface area contributed by atoms with E-state index in [4.69, 9.17) is 9.84 Å². The van der Waals surface area contributed by atoms with Crippen molar-refractivity contribution >= 4 is 23.3 Å².